The summed E-state index contributed by atoms with van der Waals surface area (Å²) in [6.45, 7) is 6.70. The molecule has 5 nitrogen and oxygen atoms in total. The molecule has 0 atom stereocenters. The zero-order chi connectivity index (χ0) is 23.6. The average molecular weight is 464 g/mol. The third-order valence-electron chi connectivity index (χ3n) is 5.47. The van der Waals surface area contributed by atoms with Crippen LogP contribution in [0, 0.1) is 5.82 Å². The Morgan fingerprint density at radius 3 is 2.42 bits per heavy atom. The van der Waals surface area contributed by atoms with E-state index in [1.165, 1.54) is 18.3 Å². The van der Waals surface area contributed by atoms with Gasteiger partial charge in [0.25, 0.3) is 10.0 Å². The summed E-state index contributed by atoms with van der Waals surface area (Å²) in [5.74, 6) is -0.282. The fourth-order valence-electron chi connectivity index (χ4n) is 3.69. The fourth-order valence-corrected chi connectivity index (χ4v) is 4.48. The number of rotatable bonds is 6. The molecular weight excluding hydrogens is 437 g/mol. The van der Waals surface area contributed by atoms with Crippen LogP contribution in [0.5, 0.6) is 0 Å². The minimum atomic E-state index is -3.79. The van der Waals surface area contributed by atoms with Gasteiger partial charge in [-0.3, -0.25) is 0 Å². The summed E-state index contributed by atoms with van der Waals surface area (Å²) < 4.78 is 40.9. The third-order valence-corrected chi connectivity index (χ3v) is 6.71. The van der Waals surface area contributed by atoms with Gasteiger partial charge in [-0.25, -0.2) is 9.22 Å². The van der Waals surface area contributed by atoms with E-state index < -0.39 is 10.0 Å². The first kappa shape index (κ1) is 22.7. The van der Waals surface area contributed by atoms with E-state index in [1.807, 2.05) is 53.2 Å². The van der Waals surface area contributed by atoms with Crippen LogP contribution in [0.2, 0.25) is 0 Å². The number of sulfonamides is 1. The molecule has 170 valence electrons. The van der Waals surface area contributed by atoms with Gasteiger partial charge in [0, 0.05) is 29.2 Å². The lowest BCUT2D eigenvalue weighted by Gasteiger charge is -2.19. The summed E-state index contributed by atoms with van der Waals surface area (Å²) in [4.78, 5) is 2.45. The molecule has 4 aromatic rings. The predicted octanol–water partition coefficient (Wildman–Crippen LogP) is 5.44. The first-order valence-corrected chi connectivity index (χ1v) is 12.1. The molecule has 0 aliphatic heterocycles. The van der Waals surface area contributed by atoms with Gasteiger partial charge in [0.05, 0.1) is 11.1 Å². The van der Waals surface area contributed by atoms with Crippen LogP contribution in [0.3, 0.4) is 0 Å². The number of fused-ring (bicyclic) bond motifs is 1. The van der Waals surface area contributed by atoms with Crippen molar-refractivity contribution in [3.05, 3.63) is 102 Å². The van der Waals surface area contributed by atoms with Crippen molar-refractivity contribution in [1.82, 2.24) is 9.40 Å². The van der Waals surface area contributed by atoms with E-state index in [2.05, 4.69) is 30.7 Å². The molecule has 0 saturated carbocycles. The molecule has 0 fully saturated rings. The minimum absolute atomic E-state index is 0.0619. The van der Waals surface area contributed by atoms with Crippen LogP contribution >= 0.6 is 0 Å². The first-order chi connectivity index (χ1) is 15.6. The Labute approximate surface area is 193 Å². The van der Waals surface area contributed by atoms with Crippen molar-refractivity contribution in [2.24, 2.45) is 5.10 Å². The largest absolute Gasteiger partial charge is 0.342 e. The van der Waals surface area contributed by atoms with Gasteiger partial charge in [0.15, 0.2) is 0 Å². The van der Waals surface area contributed by atoms with Crippen molar-refractivity contribution < 1.29 is 12.8 Å². The van der Waals surface area contributed by atoms with Crippen molar-refractivity contribution in [1.29, 1.82) is 0 Å². The summed E-state index contributed by atoms with van der Waals surface area (Å²) in [6.07, 6.45) is 3.37. The van der Waals surface area contributed by atoms with Crippen molar-refractivity contribution in [3.63, 3.8) is 0 Å². The molecule has 0 radical (unpaired) electrons. The maximum absolute atomic E-state index is 13.6. The van der Waals surface area contributed by atoms with Crippen molar-refractivity contribution in [2.75, 3.05) is 0 Å². The van der Waals surface area contributed by atoms with E-state index in [1.54, 1.807) is 18.2 Å². The van der Waals surface area contributed by atoms with Crippen LogP contribution in [0.1, 0.15) is 37.5 Å². The van der Waals surface area contributed by atoms with Crippen LogP contribution < -0.4 is 4.83 Å². The Balaban J connectivity index is 1.57. The van der Waals surface area contributed by atoms with Crippen LogP contribution in [0.25, 0.3) is 10.9 Å². The van der Waals surface area contributed by atoms with Gasteiger partial charge >= 0.3 is 0 Å². The molecule has 33 heavy (non-hydrogen) atoms. The highest BCUT2D eigenvalue weighted by Crippen LogP contribution is 2.24. The molecular formula is C26H26FN3O2S. The minimum Gasteiger partial charge on any atom is -0.342 e. The lowest BCUT2D eigenvalue weighted by molar-refractivity contribution is 0.580. The van der Waals surface area contributed by atoms with E-state index in [9.17, 15) is 12.8 Å². The zero-order valence-electron chi connectivity index (χ0n) is 18.8. The average Bonchev–Trinajstić information content (AvgIpc) is 3.11. The van der Waals surface area contributed by atoms with E-state index in [4.69, 9.17) is 0 Å². The monoisotopic (exact) mass is 463 g/mol. The highest BCUT2D eigenvalue weighted by molar-refractivity contribution is 7.89. The molecule has 3 aromatic carbocycles. The Morgan fingerprint density at radius 1 is 1.00 bits per heavy atom. The van der Waals surface area contributed by atoms with Gasteiger partial charge in [-0.05, 0) is 46.9 Å². The number of nitrogens with zero attached hydrogens (tertiary/aromatic N) is 2. The van der Waals surface area contributed by atoms with E-state index >= 15 is 0 Å². The molecule has 0 bridgehead atoms. The molecule has 0 spiro atoms. The number of aromatic nitrogens is 1. The molecule has 0 saturated heterocycles. The second-order valence-electron chi connectivity index (χ2n) is 8.99. The summed E-state index contributed by atoms with van der Waals surface area (Å²) in [6, 6.07) is 21.0. The SMILES string of the molecule is CC(C)(C)c1ccc(S(=O)(=O)NN=Cc2cn(Cc3cccc(F)c3)c3ccccc23)cc1. The number of hydrogen-bond donors (Lipinski definition) is 1. The van der Waals surface area contributed by atoms with Gasteiger partial charge in [-0.1, -0.05) is 63.2 Å². The maximum atomic E-state index is 13.6. The number of benzene rings is 3. The Hall–Kier alpha value is -3.45. The number of para-hydroxylation sites is 1. The summed E-state index contributed by atoms with van der Waals surface area (Å²) >= 11 is 0. The molecule has 0 amide bonds. The summed E-state index contributed by atoms with van der Waals surface area (Å²) in [7, 11) is -3.79. The van der Waals surface area contributed by atoms with Gasteiger partial charge in [0.1, 0.15) is 5.82 Å². The molecule has 0 aliphatic rings. The third kappa shape index (κ3) is 5.14. The number of nitrogens with one attached hydrogen (secondary N) is 1. The molecule has 0 unspecified atom stereocenters. The quantitative estimate of drug-likeness (QED) is 0.306. The Morgan fingerprint density at radius 2 is 1.73 bits per heavy atom. The van der Waals surface area contributed by atoms with Crippen molar-refractivity contribution in [3.8, 4) is 0 Å². The molecule has 1 aromatic heterocycles. The second kappa shape index (κ2) is 8.83. The zero-order valence-corrected chi connectivity index (χ0v) is 19.6. The van der Waals surface area contributed by atoms with Crippen molar-refractivity contribution >= 4 is 27.1 Å². The molecule has 0 aliphatic carbocycles. The normalized spacial score (nSPS) is 12.5. The number of hydrogen-bond acceptors (Lipinski definition) is 3. The lowest BCUT2D eigenvalue weighted by Crippen LogP contribution is -2.19. The Bertz CT molecular complexity index is 1420. The fraction of sp³-hybridized carbons (Fsp3) is 0.192. The maximum Gasteiger partial charge on any atom is 0.276 e. The van der Waals surface area contributed by atoms with Crippen LogP contribution in [0.4, 0.5) is 4.39 Å². The molecule has 1 heterocycles. The summed E-state index contributed by atoms with van der Waals surface area (Å²) in [5.41, 5.74) is 3.53. The molecule has 1 N–H and O–H groups in total. The summed E-state index contributed by atoms with van der Waals surface area (Å²) in [5, 5.41) is 4.93. The topological polar surface area (TPSA) is 63.5 Å². The predicted molar refractivity (Wildman–Crippen MR) is 130 cm³/mol. The van der Waals surface area contributed by atoms with Gasteiger partial charge in [-0.2, -0.15) is 13.5 Å². The first-order valence-electron chi connectivity index (χ1n) is 10.6. The van der Waals surface area contributed by atoms with E-state index in [0.29, 0.717) is 6.54 Å². The molecule has 4 rings (SSSR count). The van der Waals surface area contributed by atoms with Crippen LogP contribution in [-0.2, 0) is 22.0 Å². The van der Waals surface area contributed by atoms with Gasteiger partial charge in [-0.15, -0.1) is 0 Å². The number of hydrazone groups is 1. The van der Waals surface area contributed by atoms with E-state index in [-0.39, 0.29) is 16.1 Å². The van der Waals surface area contributed by atoms with Crippen LogP contribution in [0.15, 0.2) is 89.0 Å². The Kier molecular flexibility index (Phi) is 6.08. The van der Waals surface area contributed by atoms with E-state index in [0.717, 1.165) is 27.6 Å². The van der Waals surface area contributed by atoms with Crippen molar-refractivity contribution in [2.45, 2.75) is 37.6 Å². The van der Waals surface area contributed by atoms with Crippen LogP contribution in [-0.4, -0.2) is 19.2 Å². The number of halogens is 1. The van der Waals surface area contributed by atoms with Gasteiger partial charge < -0.3 is 4.57 Å². The second-order valence-corrected chi connectivity index (χ2v) is 10.6. The smallest absolute Gasteiger partial charge is 0.276 e. The van der Waals surface area contributed by atoms with Gasteiger partial charge in [0.2, 0.25) is 0 Å². The highest BCUT2D eigenvalue weighted by Gasteiger charge is 2.17. The lowest BCUT2D eigenvalue weighted by atomic mass is 9.87. The highest BCUT2D eigenvalue weighted by atomic mass is 32.2. The standard InChI is InChI=1S/C26H26FN3O2S/c1-26(2,3)21-11-13-23(14-12-21)33(31,32)29-28-16-20-18-30(25-10-5-4-9-24(20)25)17-19-7-6-8-22(27)15-19/h4-16,18,29H,17H2,1-3H3. The molecule has 7 heteroatoms.